The number of nitrogens with two attached hydrogens (primary N) is 1. The zero-order valence-corrected chi connectivity index (χ0v) is 15.3. The molecular weight excluding hydrogens is 326 g/mol. The summed E-state index contributed by atoms with van der Waals surface area (Å²) in [5.74, 6) is 1.87. The van der Waals surface area contributed by atoms with Crippen LogP contribution in [0.2, 0.25) is 0 Å². The van der Waals surface area contributed by atoms with Crippen molar-refractivity contribution in [3.63, 3.8) is 0 Å². The van der Waals surface area contributed by atoms with Crippen molar-refractivity contribution in [2.75, 3.05) is 11.1 Å². The smallest absolute Gasteiger partial charge is 0.232 e. The van der Waals surface area contributed by atoms with Gasteiger partial charge >= 0.3 is 0 Å². The highest BCUT2D eigenvalue weighted by atomic mass is 16.5. The van der Waals surface area contributed by atoms with Crippen molar-refractivity contribution in [3.8, 4) is 5.75 Å². The standard InChI is InChI=1S/C20H23N5O/c1-4-15-9-5-6-10-16(15)22-20-24-18(23-19(21)25-20)12-26-17-11-7-8-13(2)14(17)3/h5-11H,4,12H2,1-3H3,(H3,21,22,23,24,25). The minimum absolute atomic E-state index is 0.163. The normalized spacial score (nSPS) is 10.6. The molecule has 0 radical (unpaired) electrons. The molecule has 0 aliphatic rings. The first kappa shape index (κ1) is 17.7. The van der Waals surface area contributed by atoms with Crippen molar-refractivity contribution in [2.24, 2.45) is 0 Å². The Morgan fingerprint density at radius 3 is 2.62 bits per heavy atom. The molecule has 0 saturated heterocycles. The minimum atomic E-state index is 0.163. The van der Waals surface area contributed by atoms with Gasteiger partial charge in [0.05, 0.1) is 0 Å². The lowest BCUT2D eigenvalue weighted by Crippen LogP contribution is -2.10. The van der Waals surface area contributed by atoms with E-state index in [0.717, 1.165) is 23.4 Å². The number of ether oxygens (including phenoxy) is 1. The first-order valence-electron chi connectivity index (χ1n) is 8.61. The predicted octanol–water partition coefficient (Wildman–Crippen LogP) is 3.96. The van der Waals surface area contributed by atoms with E-state index in [1.807, 2.05) is 37.3 Å². The quantitative estimate of drug-likeness (QED) is 0.701. The summed E-state index contributed by atoms with van der Waals surface area (Å²) in [6, 6.07) is 14.0. The number of aromatic nitrogens is 3. The van der Waals surface area contributed by atoms with E-state index in [4.69, 9.17) is 10.5 Å². The number of hydrogen-bond acceptors (Lipinski definition) is 6. The number of aryl methyl sites for hydroxylation is 2. The maximum absolute atomic E-state index is 5.87. The van der Waals surface area contributed by atoms with Crippen molar-refractivity contribution >= 4 is 17.6 Å². The Morgan fingerprint density at radius 1 is 1.00 bits per heavy atom. The fourth-order valence-electron chi connectivity index (χ4n) is 2.65. The number of anilines is 3. The van der Waals surface area contributed by atoms with Crippen LogP contribution >= 0.6 is 0 Å². The van der Waals surface area contributed by atoms with Gasteiger partial charge in [-0.1, -0.05) is 37.3 Å². The summed E-state index contributed by atoms with van der Waals surface area (Å²) in [4.78, 5) is 12.8. The molecule has 3 rings (SSSR count). The van der Waals surface area contributed by atoms with E-state index < -0.39 is 0 Å². The second-order valence-electron chi connectivity index (χ2n) is 6.06. The molecule has 0 saturated carbocycles. The molecule has 1 aromatic heterocycles. The second-order valence-corrected chi connectivity index (χ2v) is 6.06. The second kappa shape index (κ2) is 7.82. The van der Waals surface area contributed by atoms with Crippen LogP contribution in [0, 0.1) is 13.8 Å². The van der Waals surface area contributed by atoms with Crippen LogP contribution in [0.15, 0.2) is 42.5 Å². The maximum Gasteiger partial charge on any atom is 0.232 e. The molecule has 0 bridgehead atoms. The molecule has 6 heteroatoms. The molecule has 0 unspecified atom stereocenters. The molecule has 0 amide bonds. The zero-order valence-electron chi connectivity index (χ0n) is 15.3. The van der Waals surface area contributed by atoms with Crippen LogP contribution in [-0.2, 0) is 13.0 Å². The van der Waals surface area contributed by atoms with E-state index in [1.54, 1.807) is 0 Å². The number of hydrogen-bond donors (Lipinski definition) is 2. The highest BCUT2D eigenvalue weighted by Gasteiger charge is 2.09. The molecular formula is C20H23N5O. The maximum atomic E-state index is 5.87. The molecule has 0 aliphatic heterocycles. The van der Waals surface area contributed by atoms with Gasteiger partial charge in [-0.25, -0.2) is 0 Å². The Kier molecular flexibility index (Phi) is 5.31. The highest BCUT2D eigenvalue weighted by molar-refractivity contribution is 5.58. The topological polar surface area (TPSA) is 86.0 Å². The van der Waals surface area contributed by atoms with Crippen molar-refractivity contribution in [1.29, 1.82) is 0 Å². The number of nitrogens with one attached hydrogen (secondary N) is 1. The minimum Gasteiger partial charge on any atom is -0.485 e. The van der Waals surface area contributed by atoms with E-state index in [0.29, 0.717) is 11.8 Å². The Labute approximate surface area is 153 Å². The number of benzene rings is 2. The van der Waals surface area contributed by atoms with Gasteiger partial charge in [-0.05, 0) is 49.1 Å². The lowest BCUT2D eigenvalue weighted by Gasteiger charge is -2.12. The molecule has 0 fully saturated rings. The molecule has 26 heavy (non-hydrogen) atoms. The summed E-state index contributed by atoms with van der Waals surface area (Å²) in [6.45, 7) is 6.41. The van der Waals surface area contributed by atoms with Gasteiger partial charge in [-0.2, -0.15) is 15.0 Å². The van der Waals surface area contributed by atoms with Crippen LogP contribution in [0.1, 0.15) is 29.4 Å². The number of nitrogen functional groups attached to an aromatic ring is 1. The molecule has 1 heterocycles. The Bertz CT molecular complexity index is 910. The van der Waals surface area contributed by atoms with Gasteiger partial charge in [0, 0.05) is 5.69 Å². The molecule has 0 spiro atoms. The summed E-state index contributed by atoms with van der Waals surface area (Å²) in [7, 11) is 0. The molecule has 0 atom stereocenters. The summed E-state index contributed by atoms with van der Waals surface area (Å²) in [5, 5.41) is 3.23. The van der Waals surface area contributed by atoms with E-state index >= 15 is 0 Å². The summed E-state index contributed by atoms with van der Waals surface area (Å²) < 4.78 is 5.87. The van der Waals surface area contributed by atoms with Crippen LogP contribution < -0.4 is 15.8 Å². The van der Waals surface area contributed by atoms with Crippen molar-refractivity contribution in [1.82, 2.24) is 15.0 Å². The van der Waals surface area contributed by atoms with E-state index in [2.05, 4.69) is 46.2 Å². The SMILES string of the molecule is CCc1ccccc1Nc1nc(N)nc(COc2cccc(C)c2C)n1. The largest absolute Gasteiger partial charge is 0.485 e. The first-order chi connectivity index (χ1) is 12.6. The van der Waals surface area contributed by atoms with Crippen molar-refractivity contribution in [3.05, 3.63) is 65.0 Å². The third-order valence-electron chi connectivity index (χ3n) is 4.26. The lowest BCUT2D eigenvalue weighted by molar-refractivity contribution is 0.293. The monoisotopic (exact) mass is 349 g/mol. The number of rotatable bonds is 6. The van der Waals surface area contributed by atoms with Crippen LogP contribution in [0.3, 0.4) is 0 Å². The Hall–Kier alpha value is -3.15. The van der Waals surface area contributed by atoms with Gasteiger partial charge in [0.1, 0.15) is 12.4 Å². The highest BCUT2D eigenvalue weighted by Crippen LogP contribution is 2.22. The lowest BCUT2D eigenvalue weighted by atomic mass is 10.1. The van der Waals surface area contributed by atoms with Gasteiger partial charge in [0.2, 0.25) is 11.9 Å². The van der Waals surface area contributed by atoms with Gasteiger partial charge in [-0.15, -0.1) is 0 Å². The molecule has 6 nitrogen and oxygen atoms in total. The zero-order chi connectivity index (χ0) is 18.5. The Balaban J connectivity index is 1.78. The van der Waals surface area contributed by atoms with Gasteiger partial charge in [0.15, 0.2) is 5.82 Å². The average molecular weight is 349 g/mol. The number of para-hydroxylation sites is 1. The van der Waals surface area contributed by atoms with Crippen LogP contribution in [0.25, 0.3) is 0 Å². The van der Waals surface area contributed by atoms with Crippen LogP contribution in [-0.4, -0.2) is 15.0 Å². The third-order valence-corrected chi connectivity index (χ3v) is 4.26. The van der Waals surface area contributed by atoms with E-state index in [1.165, 1.54) is 11.1 Å². The van der Waals surface area contributed by atoms with Gasteiger partial charge in [0.25, 0.3) is 0 Å². The third kappa shape index (κ3) is 4.08. The fraction of sp³-hybridized carbons (Fsp3) is 0.250. The van der Waals surface area contributed by atoms with Crippen molar-refractivity contribution in [2.45, 2.75) is 33.8 Å². The number of nitrogens with zero attached hydrogens (tertiary/aromatic N) is 3. The average Bonchev–Trinajstić information content (AvgIpc) is 2.63. The van der Waals surface area contributed by atoms with Gasteiger partial charge in [-0.3, -0.25) is 0 Å². The summed E-state index contributed by atoms with van der Waals surface area (Å²) >= 11 is 0. The molecule has 134 valence electrons. The van der Waals surface area contributed by atoms with Crippen LogP contribution in [0.4, 0.5) is 17.6 Å². The Morgan fingerprint density at radius 2 is 1.81 bits per heavy atom. The van der Waals surface area contributed by atoms with Gasteiger partial charge < -0.3 is 15.8 Å². The fourth-order valence-corrected chi connectivity index (χ4v) is 2.65. The first-order valence-corrected chi connectivity index (χ1v) is 8.61. The molecule has 3 aromatic rings. The van der Waals surface area contributed by atoms with Crippen LogP contribution in [0.5, 0.6) is 5.75 Å². The molecule has 0 aliphatic carbocycles. The summed E-state index contributed by atoms with van der Waals surface area (Å²) in [5.41, 5.74) is 10.3. The molecule has 2 aromatic carbocycles. The summed E-state index contributed by atoms with van der Waals surface area (Å²) in [6.07, 6.45) is 0.909. The van der Waals surface area contributed by atoms with E-state index in [-0.39, 0.29) is 12.6 Å². The van der Waals surface area contributed by atoms with E-state index in [9.17, 15) is 0 Å². The van der Waals surface area contributed by atoms with Crippen molar-refractivity contribution < 1.29 is 4.74 Å². The molecule has 3 N–H and O–H groups in total. The predicted molar refractivity (Wildman–Crippen MR) is 104 cm³/mol.